The van der Waals surface area contributed by atoms with E-state index in [0.29, 0.717) is 0 Å². The first-order valence-corrected chi connectivity index (χ1v) is 9.96. The summed E-state index contributed by atoms with van der Waals surface area (Å²) in [5.41, 5.74) is 3.84. The van der Waals surface area contributed by atoms with Crippen molar-refractivity contribution in [2.45, 2.75) is 31.0 Å². The first-order valence-electron chi connectivity index (χ1n) is 7.60. The third-order valence-corrected chi connectivity index (χ3v) is 6.59. The monoisotopic (exact) mass is 378 g/mol. The smallest absolute Gasteiger partial charge is 0.247 e. The second-order valence-electron chi connectivity index (χ2n) is 5.86. The average molecular weight is 378 g/mol. The Morgan fingerprint density at radius 1 is 1.24 bits per heavy atom. The molecule has 0 aliphatic rings. The number of carbonyl (C=O) groups is 1. The molecule has 2 heterocycles. The molecule has 0 fully saturated rings. The van der Waals surface area contributed by atoms with Crippen molar-refractivity contribution in [2.24, 2.45) is 5.14 Å². The molecule has 3 aromatic rings. The Morgan fingerprint density at radius 2 is 2.00 bits per heavy atom. The second kappa shape index (κ2) is 6.62. The molecule has 0 saturated carbocycles. The summed E-state index contributed by atoms with van der Waals surface area (Å²) in [4.78, 5) is 12.9. The first kappa shape index (κ1) is 17.7. The molecule has 0 aliphatic heterocycles. The molecule has 0 radical (unpaired) electrons. The minimum absolute atomic E-state index is 0.0865. The second-order valence-corrected chi connectivity index (χ2v) is 8.82. The topological polar surface area (TPSA) is 102 Å². The summed E-state index contributed by atoms with van der Waals surface area (Å²) < 4.78 is 28.2. The molecule has 1 aromatic carbocycles. The summed E-state index contributed by atoms with van der Waals surface area (Å²) >= 11 is 1.05. The van der Waals surface area contributed by atoms with E-state index in [1.807, 2.05) is 26.0 Å². The van der Waals surface area contributed by atoms with E-state index in [1.54, 1.807) is 12.3 Å². The molecule has 3 rings (SSSR count). The lowest BCUT2D eigenvalue weighted by Gasteiger charge is -2.03. The molecule has 132 valence electrons. The highest BCUT2D eigenvalue weighted by Crippen LogP contribution is 2.27. The standard InChI is InChI=1S/C17H18N2O4S2/c1-10-3-5-14-12(9-23-17(14)11(10)2)7-15(20)19-8-13-4-6-16(24-13)25(18,21)22/h3-6,9H,7-8H2,1-2H3,(H,19,20)(H2,18,21,22). The molecule has 0 saturated heterocycles. The van der Waals surface area contributed by atoms with Crippen LogP contribution < -0.4 is 10.5 Å². The Kier molecular flexibility index (Phi) is 4.68. The van der Waals surface area contributed by atoms with Crippen molar-refractivity contribution in [1.82, 2.24) is 5.32 Å². The average Bonchev–Trinajstić information content (AvgIpc) is 3.16. The lowest BCUT2D eigenvalue weighted by molar-refractivity contribution is -0.120. The number of nitrogens with one attached hydrogen (secondary N) is 1. The Morgan fingerprint density at radius 3 is 2.68 bits per heavy atom. The van der Waals surface area contributed by atoms with Gasteiger partial charge in [0.25, 0.3) is 0 Å². The van der Waals surface area contributed by atoms with E-state index >= 15 is 0 Å². The molecule has 0 aliphatic carbocycles. The summed E-state index contributed by atoms with van der Waals surface area (Å²) in [7, 11) is -3.70. The van der Waals surface area contributed by atoms with Crippen LogP contribution in [0.25, 0.3) is 11.0 Å². The third-order valence-electron chi connectivity index (χ3n) is 4.07. The zero-order valence-electron chi connectivity index (χ0n) is 13.8. The Balaban J connectivity index is 1.67. The van der Waals surface area contributed by atoms with Gasteiger partial charge < -0.3 is 9.73 Å². The van der Waals surface area contributed by atoms with Gasteiger partial charge in [-0.05, 0) is 37.1 Å². The lowest BCUT2D eigenvalue weighted by atomic mass is 10.0. The van der Waals surface area contributed by atoms with Crippen molar-refractivity contribution in [1.29, 1.82) is 0 Å². The Labute approximate surface area is 149 Å². The molecule has 6 nitrogen and oxygen atoms in total. The van der Waals surface area contributed by atoms with E-state index in [2.05, 4.69) is 5.32 Å². The molecular weight excluding hydrogens is 360 g/mol. The highest BCUT2D eigenvalue weighted by atomic mass is 32.2. The van der Waals surface area contributed by atoms with E-state index in [0.717, 1.165) is 43.9 Å². The summed E-state index contributed by atoms with van der Waals surface area (Å²) in [6.07, 6.45) is 1.81. The van der Waals surface area contributed by atoms with E-state index in [-0.39, 0.29) is 23.1 Å². The zero-order chi connectivity index (χ0) is 18.2. The number of aryl methyl sites for hydroxylation is 2. The SMILES string of the molecule is Cc1ccc2c(CC(=O)NCc3ccc(S(N)(=O)=O)s3)coc2c1C. The van der Waals surface area contributed by atoms with Crippen molar-refractivity contribution in [3.63, 3.8) is 0 Å². The van der Waals surface area contributed by atoms with Crippen LogP contribution >= 0.6 is 11.3 Å². The van der Waals surface area contributed by atoms with Gasteiger partial charge in [-0.25, -0.2) is 13.6 Å². The van der Waals surface area contributed by atoms with Crippen LogP contribution in [0.5, 0.6) is 0 Å². The van der Waals surface area contributed by atoms with Crippen molar-refractivity contribution in [3.8, 4) is 0 Å². The van der Waals surface area contributed by atoms with Gasteiger partial charge in [-0.3, -0.25) is 4.79 Å². The van der Waals surface area contributed by atoms with Crippen LogP contribution in [0.15, 0.2) is 39.2 Å². The van der Waals surface area contributed by atoms with Crippen LogP contribution in [0.3, 0.4) is 0 Å². The van der Waals surface area contributed by atoms with Crippen LogP contribution in [0.4, 0.5) is 0 Å². The minimum atomic E-state index is -3.70. The molecule has 1 amide bonds. The predicted octanol–water partition coefficient (Wildman–Crippen LogP) is 2.62. The number of fused-ring (bicyclic) bond motifs is 1. The third kappa shape index (κ3) is 3.76. The number of sulfonamides is 1. The maximum atomic E-state index is 12.2. The Hall–Kier alpha value is -2.16. The number of rotatable bonds is 5. The van der Waals surface area contributed by atoms with Crippen LogP contribution in [0.2, 0.25) is 0 Å². The van der Waals surface area contributed by atoms with Gasteiger partial charge in [-0.1, -0.05) is 12.1 Å². The van der Waals surface area contributed by atoms with Crippen LogP contribution in [-0.2, 0) is 27.8 Å². The van der Waals surface area contributed by atoms with Gasteiger partial charge in [-0.15, -0.1) is 11.3 Å². The molecule has 0 spiro atoms. The zero-order valence-corrected chi connectivity index (χ0v) is 15.5. The highest BCUT2D eigenvalue weighted by Gasteiger charge is 2.14. The summed E-state index contributed by atoms with van der Waals surface area (Å²) in [5, 5.41) is 8.80. The van der Waals surface area contributed by atoms with E-state index < -0.39 is 10.0 Å². The van der Waals surface area contributed by atoms with Crippen LogP contribution in [0, 0.1) is 13.8 Å². The number of hydrogen-bond acceptors (Lipinski definition) is 5. The highest BCUT2D eigenvalue weighted by molar-refractivity contribution is 7.91. The van der Waals surface area contributed by atoms with Gasteiger partial charge >= 0.3 is 0 Å². The number of thiophene rings is 1. The Bertz CT molecular complexity index is 1050. The number of hydrogen-bond donors (Lipinski definition) is 2. The summed E-state index contributed by atoms with van der Waals surface area (Å²) in [6, 6.07) is 7.05. The van der Waals surface area contributed by atoms with E-state index in [1.165, 1.54) is 6.07 Å². The summed E-state index contributed by atoms with van der Waals surface area (Å²) in [5.74, 6) is -0.161. The molecule has 8 heteroatoms. The quantitative estimate of drug-likeness (QED) is 0.712. The normalized spacial score (nSPS) is 11.8. The van der Waals surface area contributed by atoms with Crippen molar-refractivity contribution >= 4 is 38.2 Å². The van der Waals surface area contributed by atoms with Gasteiger partial charge in [0.1, 0.15) is 9.79 Å². The van der Waals surface area contributed by atoms with Crippen LogP contribution in [0.1, 0.15) is 21.6 Å². The van der Waals surface area contributed by atoms with Crippen molar-refractivity contribution in [3.05, 3.63) is 52.1 Å². The lowest BCUT2D eigenvalue weighted by Crippen LogP contribution is -2.24. The molecular formula is C17H18N2O4S2. The molecule has 0 bridgehead atoms. The maximum absolute atomic E-state index is 12.2. The van der Waals surface area contributed by atoms with Crippen molar-refractivity contribution < 1.29 is 17.6 Å². The molecule has 0 unspecified atom stereocenters. The van der Waals surface area contributed by atoms with E-state index in [9.17, 15) is 13.2 Å². The van der Waals surface area contributed by atoms with Gasteiger partial charge in [0.2, 0.25) is 15.9 Å². The first-order chi connectivity index (χ1) is 11.8. The molecule has 0 atom stereocenters. The molecule has 2 aromatic heterocycles. The fourth-order valence-electron chi connectivity index (χ4n) is 2.55. The predicted molar refractivity (Wildman–Crippen MR) is 96.9 cm³/mol. The molecule has 3 N–H and O–H groups in total. The number of amides is 1. The summed E-state index contributed by atoms with van der Waals surface area (Å²) in [6.45, 7) is 4.26. The number of furan rings is 1. The number of benzene rings is 1. The molecule has 25 heavy (non-hydrogen) atoms. The number of carbonyl (C=O) groups excluding carboxylic acids is 1. The van der Waals surface area contributed by atoms with Crippen LogP contribution in [-0.4, -0.2) is 14.3 Å². The number of primary sulfonamides is 1. The minimum Gasteiger partial charge on any atom is -0.464 e. The van der Waals surface area contributed by atoms with Gasteiger partial charge in [0, 0.05) is 15.8 Å². The number of nitrogens with two attached hydrogens (primary N) is 1. The van der Waals surface area contributed by atoms with E-state index in [4.69, 9.17) is 9.56 Å². The maximum Gasteiger partial charge on any atom is 0.247 e. The largest absolute Gasteiger partial charge is 0.464 e. The van der Waals surface area contributed by atoms with Crippen molar-refractivity contribution in [2.75, 3.05) is 0 Å². The van der Waals surface area contributed by atoms with Gasteiger partial charge in [0.15, 0.2) is 0 Å². The van der Waals surface area contributed by atoms with Gasteiger partial charge in [-0.2, -0.15) is 0 Å². The fraction of sp³-hybridized carbons (Fsp3) is 0.235. The fourth-order valence-corrected chi connectivity index (χ4v) is 4.27. The van der Waals surface area contributed by atoms with Gasteiger partial charge in [0.05, 0.1) is 19.2 Å².